The lowest BCUT2D eigenvalue weighted by Crippen LogP contribution is -2.86. The first-order valence-corrected chi connectivity index (χ1v) is 5.33. The van der Waals surface area contributed by atoms with Crippen molar-refractivity contribution in [3.8, 4) is 0 Å². The van der Waals surface area contributed by atoms with E-state index in [-0.39, 0.29) is 0 Å². The SMILES string of the molecule is Clc1cccc([C@@H]2CCCC[NH2+]2)c1. The Labute approximate surface area is 84.1 Å². The van der Waals surface area contributed by atoms with Crippen LogP contribution in [0.25, 0.3) is 0 Å². The second-order valence-electron chi connectivity index (χ2n) is 3.68. The van der Waals surface area contributed by atoms with E-state index in [2.05, 4.69) is 17.4 Å². The summed E-state index contributed by atoms with van der Waals surface area (Å²) < 4.78 is 0. The molecule has 2 N–H and O–H groups in total. The highest BCUT2D eigenvalue weighted by Gasteiger charge is 2.17. The third-order valence-electron chi connectivity index (χ3n) is 2.70. The van der Waals surface area contributed by atoms with Crippen LogP contribution in [0, 0.1) is 0 Å². The number of nitrogens with two attached hydrogens (primary N) is 1. The number of rotatable bonds is 1. The van der Waals surface area contributed by atoms with Crippen LogP contribution in [-0.2, 0) is 0 Å². The number of quaternary nitrogens is 1. The van der Waals surface area contributed by atoms with Crippen molar-refractivity contribution < 1.29 is 5.32 Å². The van der Waals surface area contributed by atoms with E-state index in [1.165, 1.54) is 31.4 Å². The monoisotopic (exact) mass is 196 g/mol. The number of hydrogen-bond acceptors (Lipinski definition) is 0. The molecule has 1 nitrogen and oxygen atoms in total. The van der Waals surface area contributed by atoms with Gasteiger partial charge in [0.2, 0.25) is 0 Å². The molecular formula is C11H15ClN+. The highest BCUT2D eigenvalue weighted by Crippen LogP contribution is 2.20. The minimum absolute atomic E-state index is 0.646. The van der Waals surface area contributed by atoms with Gasteiger partial charge in [0.05, 0.1) is 6.54 Å². The van der Waals surface area contributed by atoms with Crippen molar-refractivity contribution in [3.63, 3.8) is 0 Å². The second-order valence-corrected chi connectivity index (χ2v) is 4.12. The molecule has 1 atom stereocenters. The molecule has 1 aliphatic heterocycles. The zero-order valence-electron chi connectivity index (χ0n) is 7.67. The number of halogens is 1. The summed E-state index contributed by atoms with van der Waals surface area (Å²) in [4.78, 5) is 0. The molecule has 0 bridgehead atoms. The zero-order valence-corrected chi connectivity index (χ0v) is 8.43. The van der Waals surface area contributed by atoms with Crippen molar-refractivity contribution in [3.05, 3.63) is 34.9 Å². The van der Waals surface area contributed by atoms with Gasteiger partial charge in [-0.1, -0.05) is 23.7 Å². The Morgan fingerprint density at radius 1 is 1.31 bits per heavy atom. The smallest absolute Gasteiger partial charge is 0.112 e. The molecule has 2 rings (SSSR count). The predicted octanol–water partition coefficient (Wildman–Crippen LogP) is 2.13. The lowest BCUT2D eigenvalue weighted by Gasteiger charge is -2.20. The summed E-state index contributed by atoms with van der Waals surface area (Å²) in [7, 11) is 0. The van der Waals surface area contributed by atoms with E-state index >= 15 is 0 Å². The first-order valence-electron chi connectivity index (χ1n) is 4.95. The lowest BCUT2D eigenvalue weighted by molar-refractivity contribution is -0.704. The van der Waals surface area contributed by atoms with E-state index < -0.39 is 0 Å². The predicted molar refractivity (Wildman–Crippen MR) is 54.8 cm³/mol. The van der Waals surface area contributed by atoms with Crippen molar-refractivity contribution in [2.24, 2.45) is 0 Å². The fourth-order valence-corrected chi connectivity index (χ4v) is 2.18. The molecule has 0 aliphatic carbocycles. The molecular weight excluding hydrogens is 182 g/mol. The summed E-state index contributed by atoms with van der Waals surface area (Å²) in [6.45, 7) is 1.26. The highest BCUT2D eigenvalue weighted by molar-refractivity contribution is 6.30. The van der Waals surface area contributed by atoms with Gasteiger partial charge in [0.15, 0.2) is 0 Å². The van der Waals surface area contributed by atoms with Crippen LogP contribution in [0.5, 0.6) is 0 Å². The molecule has 13 heavy (non-hydrogen) atoms. The number of benzene rings is 1. The van der Waals surface area contributed by atoms with Gasteiger partial charge in [0.1, 0.15) is 6.04 Å². The topological polar surface area (TPSA) is 16.6 Å². The van der Waals surface area contributed by atoms with E-state index in [9.17, 15) is 0 Å². The van der Waals surface area contributed by atoms with E-state index in [0.717, 1.165) is 5.02 Å². The van der Waals surface area contributed by atoms with Crippen molar-refractivity contribution in [1.29, 1.82) is 0 Å². The third-order valence-corrected chi connectivity index (χ3v) is 2.93. The second kappa shape index (κ2) is 4.12. The van der Waals surface area contributed by atoms with Crippen molar-refractivity contribution >= 4 is 11.6 Å². The number of piperidine rings is 1. The van der Waals surface area contributed by atoms with Gasteiger partial charge < -0.3 is 5.32 Å². The molecule has 0 saturated carbocycles. The van der Waals surface area contributed by atoms with Crippen LogP contribution in [0.2, 0.25) is 5.02 Å². The van der Waals surface area contributed by atoms with Crippen molar-refractivity contribution in [2.45, 2.75) is 25.3 Å². The first kappa shape index (κ1) is 9.04. The average molecular weight is 197 g/mol. The summed E-state index contributed by atoms with van der Waals surface area (Å²) >= 11 is 5.95. The van der Waals surface area contributed by atoms with Crippen LogP contribution in [0.1, 0.15) is 30.9 Å². The molecule has 0 amide bonds. The Bertz CT molecular complexity index is 279. The molecule has 1 aromatic rings. The third kappa shape index (κ3) is 2.23. The minimum Gasteiger partial charge on any atom is -0.340 e. The number of hydrogen-bond donors (Lipinski definition) is 1. The molecule has 0 radical (unpaired) electrons. The van der Waals surface area contributed by atoms with Crippen LogP contribution in [0.15, 0.2) is 24.3 Å². The van der Waals surface area contributed by atoms with Gasteiger partial charge in [0.25, 0.3) is 0 Å². The zero-order chi connectivity index (χ0) is 9.10. The van der Waals surface area contributed by atoms with Crippen LogP contribution >= 0.6 is 11.6 Å². The summed E-state index contributed by atoms with van der Waals surface area (Å²) in [5.74, 6) is 0. The quantitative estimate of drug-likeness (QED) is 0.709. The molecule has 1 fully saturated rings. The van der Waals surface area contributed by atoms with E-state index in [4.69, 9.17) is 11.6 Å². The maximum atomic E-state index is 5.95. The Balaban J connectivity index is 2.14. The maximum absolute atomic E-state index is 5.95. The van der Waals surface area contributed by atoms with Crippen LogP contribution in [-0.4, -0.2) is 6.54 Å². The minimum atomic E-state index is 0.646. The largest absolute Gasteiger partial charge is 0.340 e. The Kier molecular flexibility index (Phi) is 2.87. The van der Waals surface area contributed by atoms with E-state index in [1.807, 2.05) is 12.1 Å². The molecule has 0 spiro atoms. The van der Waals surface area contributed by atoms with Gasteiger partial charge in [0, 0.05) is 17.0 Å². The summed E-state index contributed by atoms with van der Waals surface area (Å²) in [5.41, 5.74) is 1.38. The summed E-state index contributed by atoms with van der Waals surface area (Å²) in [5, 5.41) is 3.28. The maximum Gasteiger partial charge on any atom is 0.112 e. The summed E-state index contributed by atoms with van der Waals surface area (Å²) in [6.07, 6.45) is 4.01. The van der Waals surface area contributed by atoms with Gasteiger partial charge in [-0.05, 0) is 25.0 Å². The van der Waals surface area contributed by atoms with Crippen molar-refractivity contribution in [2.75, 3.05) is 6.54 Å². The van der Waals surface area contributed by atoms with Crippen LogP contribution in [0.4, 0.5) is 0 Å². The van der Waals surface area contributed by atoms with Crippen molar-refractivity contribution in [1.82, 2.24) is 0 Å². The Morgan fingerprint density at radius 2 is 2.23 bits per heavy atom. The molecule has 0 unspecified atom stereocenters. The molecule has 1 heterocycles. The fourth-order valence-electron chi connectivity index (χ4n) is 1.99. The molecule has 0 aromatic heterocycles. The normalized spacial score (nSPS) is 23.0. The van der Waals surface area contributed by atoms with E-state index in [1.54, 1.807) is 0 Å². The lowest BCUT2D eigenvalue weighted by atomic mass is 9.98. The van der Waals surface area contributed by atoms with Gasteiger partial charge in [-0.2, -0.15) is 0 Å². The van der Waals surface area contributed by atoms with Gasteiger partial charge in [-0.3, -0.25) is 0 Å². The van der Waals surface area contributed by atoms with Crippen LogP contribution in [0.3, 0.4) is 0 Å². The van der Waals surface area contributed by atoms with E-state index in [0.29, 0.717) is 6.04 Å². The summed E-state index contributed by atoms with van der Waals surface area (Å²) in [6, 6.07) is 8.90. The molecule has 1 saturated heterocycles. The molecule has 1 aromatic carbocycles. The first-order chi connectivity index (χ1) is 6.36. The van der Waals surface area contributed by atoms with Crippen LogP contribution < -0.4 is 5.32 Å². The van der Waals surface area contributed by atoms with Gasteiger partial charge in [-0.15, -0.1) is 0 Å². The molecule has 2 heteroatoms. The van der Waals surface area contributed by atoms with Gasteiger partial charge in [-0.25, -0.2) is 0 Å². The standard InChI is InChI=1S/C11H14ClN/c12-10-5-3-4-9(8-10)11-6-1-2-7-13-11/h3-5,8,11,13H,1-2,6-7H2/p+1/t11-/m0/s1. The molecule has 70 valence electrons. The average Bonchev–Trinajstić information content (AvgIpc) is 2.19. The fraction of sp³-hybridized carbons (Fsp3) is 0.455. The Hall–Kier alpha value is -0.530. The van der Waals surface area contributed by atoms with Gasteiger partial charge >= 0.3 is 0 Å². The molecule has 1 aliphatic rings. The highest BCUT2D eigenvalue weighted by atomic mass is 35.5. The Morgan fingerprint density at radius 3 is 2.92 bits per heavy atom.